The van der Waals surface area contributed by atoms with E-state index in [0.717, 1.165) is 22.4 Å². The molecule has 0 aliphatic heterocycles. The van der Waals surface area contributed by atoms with E-state index < -0.39 is 12.0 Å². The second kappa shape index (κ2) is 16.1. The lowest BCUT2D eigenvalue weighted by atomic mass is 10.00. The molecule has 1 atom stereocenters. The van der Waals surface area contributed by atoms with Crippen LogP contribution in [0.4, 0.5) is 11.4 Å². The number of ketones is 1. The van der Waals surface area contributed by atoms with Crippen molar-refractivity contribution >= 4 is 29.0 Å². The second-order valence-corrected chi connectivity index (χ2v) is 11.0. The Morgan fingerprint density at radius 3 is 2.20 bits per heavy atom. The molecule has 0 heterocycles. The third kappa shape index (κ3) is 9.16. The Morgan fingerprint density at radius 2 is 1.51 bits per heavy atom. The van der Waals surface area contributed by atoms with Crippen molar-refractivity contribution in [2.75, 3.05) is 30.5 Å². The van der Waals surface area contributed by atoms with E-state index in [9.17, 15) is 14.4 Å². The van der Waals surface area contributed by atoms with Gasteiger partial charge in [-0.25, -0.2) is 4.79 Å². The molecule has 0 aliphatic rings. The van der Waals surface area contributed by atoms with Crippen molar-refractivity contribution in [3.63, 3.8) is 0 Å². The molecule has 0 saturated carbocycles. The van der Waals surface area contributed by atoms with Crippen molar-refractivity contribution in [3.8, 4) is 5.75 Å². The molecule has 0 radical (unpaired) electrons. The number of anilines is 2. The van der Waals surface area contributed by atoms with Gasteiger partial charge in [-0.15, -0.1) is 0 Å². The Balaban J connectivity index is 1.38. The van der Waals surface area contributed by atoms with Crippen molar-refractivity contribution in [2.45, 2.75) is 39.7 Å². The minimum absolute atomic E-state index is 0.0468. The van der Waals surface area contributed by atoms with E-state index in [4.69, 9.17) is 9.47 Å². The molecular formula is C38H40N2O5. The van der Waals surface area contributed by atoms with Gasteiger partial charge in [-0.2, -0.15) is 0 Å². The molecule has 7 heteroatoms. The number of ether oxygens (including phenoxy) is 2. The summed E-state index contributed by atoms with van der Waals surface area (Å²) in [6.45, 7) is 6.78. The molecule has 0 unspecified atom stereocenters. The lowest BCUT2D eigenvalue weighted by Crippen LogP contribution is -2.33. The number of methoxy groups -OCH3 is 1. The van der Waals surface area contributed by atoms with E-state index in [1.807, 2.05) is 93.6 Å². The van der Waals surface area contributed by atoms with Crippen LogP contribution < -0.4 is 15.0 Å². The first kappa shape index (κ1) is 32.7. The Bertz CT molecular complexity index is 1630. The van der Waals surface area contributed by atoms with Gasteiger partial charge in [0.1, 0.15) is 11.8 Å². The van der Waals surface area contributed by atoms with Gasteiger partial charge in [-0.3, -0.25) is 9.59 Å². The summed E-state index contributed by atoms with van der Waals surface area (Å²) < 4.78 is 11.1. The molecule has 0 saturated heterocycles. The van der Waals surface area contributed by atoms with Crippen molar-refractivity contribution in [1.82, 2.24) is 0 Å². The molecule has 0 bridgehead atoms. The maximum absolute atomic E-state index is 13.2. The first-order valence-electron chi connectivity index (χ1n) is 15.0. The summed E-state index contributed by atoms with van der Waals surface area (Å²) in [7, 11) is 1.35. The van der Waals surface area contributed by atoms with Gasteiger partial charge in [-0.05, 0) is 68.7 Å². The molecule has 0 fully saturated rings. The number of benzene rings is 4. The molecule has 232 valence electrons. The molecule has 4 rings (SSSR count). The summed E-state index contributed by atoms with van der Waals surface area (Å²) in [4.78, 5) is 40.7. The SMILES string of the molecule is COC(=O)[C@H](Cc1ccc(OCCCN(C(=O)C=C(C)C)c2ccccc2C)cc1)Nc1ccccc1C(=O)c1ccccc1. The predicted octanol–water partition coefficient (Wildman–Crippen LogP) is 7.19. The number of aryl methyl sites for hydroxylation is 1. The zero-order valence-electron chi connectivity index (χ0n) is 26.3. The largest absolute Gasteiger partial charge is 0.494 e. The van der Waals surface area contributed by atoms with Crippen molar-refractivity contribution in [3.05, 3.63) is 137 Å². The lowest BCUT2D eigenvalue weighted by Gasteiger charge is -2.23. The van der Waals surface area contributed by atoms with Crippen LogP contribution in [-0.4, -0.2) is 44.0 Å². The minimum Gasteiger partial charge on any atom is -0.494 e. The van der Waals surface area contributed by atoms with Crippen LogP contribution in [0.5, 0.6) is 5.75 Å². The fourth-order valence-corrected chi connectivity index (χ4v) is 4.99. The Morgan fingerprint density at radius 1 is 0.844 bits per heavy atom. The molecule has 0 spiro atoms. The number of para-hydroxylation sites is 2. The summed E-state index contributed by atoms with van der Waals surface area (Å²) >= 11 is 0. The molecule has 0 aliphatic carbocycles. The average molecular weight is 605 g/mol. The highest BCUT2D eigenvalue weighted by Gasteiger charge is 2.23. The summed E-state index contributed by atoms with van der Waals surface area (Å²) in [5.41, 5.74) is 5.38. The van der Waals surface area contributed by atoms with E-state index in [1.54, 1.807) is 41.3 Å². The van der Waals surface area contributed by atoms with Crippen LogP contribution in [0.25, 0.3) is 0 Å². The van der Waals surface area contributed by atoms with Gasteiger partial charge < -0.3 is 19.7 Å². The predicted molar refractivity (Wildman–Crippen MR) is 179 cm³/mol. The van der Waals surface area contributed by atoms with Crippen molar-refractivity contribution < 1.29 is 23.9 Å². The van der Waals surface area contributed by atoms with Crippen molar-refractivity contribution in [2.24, 2.45) is 0 Å². The Labute approximate surface area is 265 Å². The molecule has 1 amide bonds. The van der Waals surface area contributed by atoms with Crippen LogP contribution in [-0.2, 0) is 20.7 Å². The third-order valence-corrected chi connectivity index (χ3v) is 7.27. The van der Waals surface area contributed by atoms with Crippen LogP contribution >= 0.6 is 0 Å². The summed E-state index contributed by atoms with van der Waals surface area (Å²) in [5.74, 6) is 0.0815. The highest BCUT2D eigenvalue weighted by molar-refractivity contribution is 6.12. The zero-order chi connectivity index (χ0) is 32.2. The monoisotopic (exact) mass is 604 g/mol. The van der Waals surface area contributed by atoms with Gasteiger partial charge in [0.25, 0.3) is 5.91 Å². The molecule has 4 aromatic carbocycles. The molecule has 45 heavy (non-hydrogen) atoms. The lowest BCUT2D eigenvalue weighted by molar-refractivity contribution is -0.141. The smallest absolute Gasteiger partial charge is 0.328 e. The molecule has 7 nitrogen and oxygen atoms in total. The second-order valence-electron chi connectivity index (χ2n) is 11.0. The van der Waals surface area contributed by atoms with Crippen LogP contribution in [0, 0.1) is 6.92 Å². The molecular weight excluding hydrogens is 564 g/mol. The van der Waals surface area contributed by atoms with Crippen LogP contribution in [0.1, 0.15) is 47.3 Å². The van der Waals surface area contributed by atoms with Crippen LogP contribution in [0.2, 0.25) is 0 Å². The highest BCUT2D eigenvalue weighted by Crippen LogP contribution is 2.23. The molecule has 0 aromatic heterocycles. The first-order valence-corrected chi connectivity index (χ1v) is 15.0. The number of rotatable bonds is 14. The first-order chi connectivity index (χ1) is 21.8. The maximum atomic E-state index is 13.2. The topological polar surface area (TPSA) is 84.9 Å². The fraction of sp³-hybridized carbons (Fsp3) is 0.237. The minimum atomic E-state index is -0.711. The number of esters is 1. The van der Waals surface area contributed by atoms with Crippen LogP contribution in [0.15, 0.2) is 115 Å². The number of nitrogens with one attached hydrogen (secondary N) is 1. The summed E-state index contributed by atoms with van der Waals surface area (Å²) in [6, 6.07) is 30.9. The number of hydrogen-bond donors (Lipinski definition) is 1. The fourth-order valence-electron chi connectivity index (χ4n) is 4.99. The van der Waals surface area contributed by atoms with Gasteiger partial charge in [0.05, 0.1) is 13.7 Å². The van der Waals surface area contributed by atoms with E-state index in [-0.39, 0.29) is 11.7 Å². The number of nitrogens with zero attached hydrogens (tertiary/aromatic N) is 1. The molecule has 4 aromatic rings. The number of amides is 1. The standard InChI is InChI=1S/C38H40N2O5/c1-27(2)25-36(41)40(35-18-11-8-13-28(35)3)23-12-24-45-31-21-19-29(20-22-31)26-34(38(43)44-4)39-33-17-10-9-16-32(33)37(42)30-14-6-5-7-15-30/h5-11,13-22,25,34,39H,12,23-24,26H2,1-4H3/t34-/m0/s1. The van der Waals surface area contributed by atoms with Crippen LogP contribution in [0.3, 0.4) is 0 Å². The Kier molecular flexibility index (Phi) is 11.7. The van der Waals surface area contributed by atoms with Gasteiger partial charge in [0.2, 0.25) is 0 Å². The molecule has 1 N–H and O–H groups in total. The van der Waals surface area contributed by atoms with Gasteiger partial charge in [-0.1, -0.05) is 78.4 Å². The van der Waals surface area contributed by atoms with Crippen molar-refractivity contribution in [1.29, 1.82) is 0 Å². The number of allylic oxidation sites excluding steroid dienone is 1. The summed E-state index contributed by atoms with van der Waals surface area (Å²) in [6.07, 6.45) is 2.65. The van der Waals surface area contributed by atoms with Gasteiger partial charge in [0, 0.05) is 41.5 Å². The van der Waals surface area contributed by atoms with E-state index in [1.165, 1.54) is 7.11 Å². The average Bonchev–Trinajstić information content (AvgIpc) is 3.05. The quantitative estimate of drug-likeness (QED) is 0.0710. The number of carbonyl (C=O) groups excluding carboxylic acids is 3. The van der Waals surface area contributed by atoms with Gasteiger partial charge in [0.15, 0.2) is 5.78 Å². The Hall–Kier alpha value is -5.17. The maximum Gasteiger partial charge on any atom is 0.328 e. The zero-order valence-corrected chi connectivity index (χ0v) is 26.3. The van der Waals surface area contributed by atoms with E-state index in [2.05, 4.69) is 5.32 Å². The number of hydrogen-bond acceptors (Lipinski definition) is 6. The number of carbonyl (C=O) groups is 3. The highest BCUT2D eigenvalue weighted by atomic mass is 16.5. The van der Waals surface area contributed by atoms with Gasteiger partial charge >= 0.3 is 5.97 Å². The van der Waals surface area contributed by atoms with E-state index in [0.29, 0.717) is 48.6 Å². The normalized spacial score (nSPS) is 11.2. The van der Waals surface area contributed by atoms with E-state index >= 15 is 0 Å². The third-order valence-electron chi connectivity index (χ3n) is 7.27. The summed E-state index contributed by atoms with van der Waals surface area (Å²) in [5, 5.41) is 3.24.